The van der Waals surface area contributed by atoms with Crippen LogP contribution in [-0.4, -0.2) is 61.4 Å². The second-order valence-electron chi connectivity index (χ2n) is 7.20. The van der Waals surface area contributed by atoms with E-state index in [9.17, 15) is 9.59 Å². The van der Waals surface area contributed by atoms with Gasteiger partial charge in [-0.2, -0.15) is 0 Å². The first-order chi connectivity index (χ1) is 14.1. The monoisotopic (exact) mass is 408 g/mol. The molecule has 0 unspecified atom stereocenters. The fourth-order valence-electron chi connectivity index (χ4n) is 3.60. The Kier molecular flexibility index (Phi) is 5.51. The fourth-order valence-corrected chi connectivity index (χ4v) is 4.37. The van der Waals surface area contributed by atoms with E-state index in [1.165, 1.54) is 21.9 Å². The predicted octanol–water partition coefficient (Wildman–Crippen LogP) is 2.88. The van der Waals surface area contributed by atoms with Crippen molar-refractivity contribution < 1.29 is 9.59 Å². The van der Waals surface area contributed by atoms with Crippen LogP contribution in [0.25, 0.3) is 5.57 Å². The summed E-state index contributed by atoms with van der Waals surface area (Å²) in [6, 6.07) is 11.8. The van der Waals surface area contributed by atoms with Crippen LogP contribution < -0.4 is 10.2 Å². The highest BCUT2D eigenvalue weighted by molar-refractivity contribution is 7.11. The van der Waals surface area contributed by atoms with Gasteiger partial charge in [-0.1, -0.05) is 12.1 Å². The number of anilines is 2. The molecule has 0 bridgehead atoms. The number of piperazine rings is 1. The first kappa shape index (κ1) is 19.4. The number of thiophene rings is 1. The molecule has 4 rings (SSSR count). The molecule has 2 amide bonds. The summed E-state index contributed by atoms with van der Waals surface area (Å²) in [5.74, 6) is -0.602. The SMILES string of the molecule is C=CCN1C(=O)C(Nc2ccc(N3CCN(C)CC3)cc2)=C(c2cccs2)C1=O. The minimum atomic E-state index is -0.318. The van der Waals surface area contributed by atoms with E-state index >= 15 is 0 Å². The Balaban J connectivity index is 1.58. The molecular formula is C22H24N4O2S. The summed E-state index contributed by atoms with van der Waals surface area (Å²) in [6.45, 7) is 7.95. The Labute approximate surface area is 174 Å². The van der Waals surface area contributed by atoms with Crippen molar-refractivity contribution in [3.63, 3.8) is 0 Å². The van der Waals surface area contributed by atoms with Gasteiger partial charge in [0.05, 0.1) is 5.57 Å². The molecule has 0 radical (unpaired) electrons. The predicted molar refractivity (Wildman–Crippen MR) is 118 cm³/mol. The summed E-state index contributed by atoms with van der Waals surface area (Å²) >= 11 is 1.45. The third-order valence-corrected chi connectivity index (χ3v) is 6.14. The zero-order valence-corrected chi connectivity index (χ0v) is 17.2. The fraction of sp³-hybridized carbons (Fsp3) is 0.273. The number of carbonyl (C=O) groups is 2. The van der Waals surface area contributed by atoms with Crippen molar-refractivity contribution in [1.29, 1.82) is 0 Å². The third-order valence-electron chi connectivity index (χ3n) is 5.25. The maximum absolute atomic E-state index is 12.9. The molecule has 0 aliphatic carbocycles. The van der Waals surface area contributed by atoms with Crippen molar-refractivity contribution in [3.8, 4) is 0 Å². The van der Waals surface area contributed by atoms with Crippen molar-refractivity contribution >= 4 is 40.1 Å². The van der Waals surface area contributed by atoms with Gasteiger partial charge in [-0.15, -0.1) is 17.9 Å². The average Bonchev–Trinajstić information content (AvgIpc) is 3.33. The quantitative estimate of drug-likeness (QED) is 0.588. The minimum absolute atomic E-state index is 0.195. The number of imide groups is 1. The second kappa shape index (κ2) is 8.23. The van der Waals surface area contributed by atoms with Crippen molar-refractivity contribution in [2.45, 2.75) is 0 Å². The molecule has 150 valence electrons. The maximum atomic E-state index is 12.9. The minimum Gasteiger partial charge on any atom is -0.369 e. The Morgan fingerprint density at radius 3 is 2.41 bits per heavy atom. The Morgan fingerprint density at radius 2 is 1.79 bits per heavy atom. The van der Waals surface area contributed by atoms with Crippen LogP contribution in [0.1, 0.15) is 4.88 Å². The summed E-state index contributed by atoms with van der Waals surface area (Å²) in [5.41, 5.74) is 2.70. The van der Waals surface area contributed by atoms with Crippen LogP contribution in [0, 0.1) is 0 Å². The van der Waals surface area contributed by atoms with Crippen LogP contribution in [0.5, 0.6) is 0 Å². The first-order valence-corrected chi connectivity index (χ1v) is 10.5. The van der Waals surface area contributed by atoms with Crippen molar-refractivity contribution in [1.82, 2.24) is 9.80 Å². The van der Waals surface area contributed by atoms with Crippen molar-refractivity contribution in [3.05, 3.63) is 65.0 Å². The molecule has 2 aromatic rings. The van der Waals surface area contributed by atoms with Crippen LogP contribution >= 0.6 is 11.3 Å². The molecule has 1 aromatic heterocycles. The van der Waals surface area contributed by atoms with E-state index < -0.39 is 0 Å². The van der Waals surface area contributed by atoms with E-state index in [-0.39, 0.29) is 18.4 Å². The molecule has 29 heavy (non-hydrogen) atoms. The maximum Gasteiger partial charge on any atom is 0.278 e. The van der Waals surface area contributed by atoms with Gasteiger partial charge in [0.25, 0.3) is 11.8 Å². The van der Waals surface area contributed by atoms with Crippen molar-refractivity contribution in [2.24, 2.45) is 0 Å². The Hall–Kier alpha value is -2.90. The standard InChI is InChI=1S/C22H24N4O2S/c1-3-10-26-21(27)19(18-5-4-15-29-18)20(22(26)28)23-16-6-8-17(9-7-16)25-13-11-24(2)12-14-25/h3-9,15,23H,1,10-14H2,2H3. The van der Waals surface area contributed by atoms with Crippen LogP contribution in [-0.2, 0) is 9.59 Å². The van der Waals surface area contributed by atoms with Crippen LogP contribution in [0.15, 0.2) is 60.1 Å². The molecule has 1 aromatic carbocycles. The number of carbonyl (C=O) groups excluding carboxylic acids is 2. The highest BCUT2D eigenvalue weighted by Gasteiger charge is 2.39. The smallest absolute Gasteiger partial charge is 0.278 e. The molecule has 0 spiro atoms. The third kappa shape index (κ3) is 3.83. The normalized spacial score (nSPS) is 18.0. The molecule has 7 heteroatoms. The van der Waals surface area contributed by atoms with Gasteiger partial charge in [-0.25, -0.2) is 0 Å². The van der Waals surface area contributed by atoms with Crippen LogP contribution in [0.4, 0.5) is 11.4 Å². The van der Waals surface area contributed by atoms with Gasteiger partial charge in [0, 0.05) is 49.0 Å². The number of nitrogens with one attached hydrogen (secondary N) is 1. The van der Waals surface area contributed by atoms with E-state index in [1.807, 2.05) is 29.6 Å². The average molecular weight is 409 g/mol. The number of nitrogens with zero attached hydrogens (tertiary/aromatic N) is 3. The van der Waals surface area contributed by atoms with E-state index in [4.69, 9.17) is 0 Å². The first-order valence-electron chi connectivity index (χ1n) is 9.64. The van der Waals surface area contributed by atoms with Gasteiger partial charge in [-0.05, 0) is 42.8 Å². The van der Waals surface area contributed by atoms with Gasteiger partial charge in [0.15, 0.2) is 0 Å². The van der Waals surface area contributed by atoms with E-state index in [0.29, 0.717) is 11.3 Å². The molecule has 0 saturated carbocycles. The lowest BCUT2D eigenvalue weighted by Crippen LogP contribution is -2.44. The molecule has 3 heterocycles. The molecule has 2 aliphatic rings. The highest BCUT2D eigenvalue weighted by Crippen LogP contribution is 2.33. The van der Waals surface area contributed by atoms with E-state index in [1.54, 1.807) is 6.08 Å². The van der Waals surface area contributed by atoms with Crippen LogP contribution in [0.2, 0.25) is 0 Å². The second-order valence-corrected chi connectivity index (χ2v) is 8.15. The summed E-state index contributed by atoms with van der Waals surface area (Å²) < 4.78 is 0. The van der Waals surface area contributed by atoms with Gasteiger partial charge in [0.1, 0.15) is 5.70 Å². The lowest BCUT2D eigenvalue weighted by molar-refractivity contribution is -0.136. The lowest BCUT2D eigenvalue weighted by Gasteiger charge is -2.34. The largest absolute Gasteiger partial charge is 0.369 e. The topological polar surface area (TPSA) is 55.9 Å². The zero-order chi connectivity index (χ0) is 20.4. The van der Waals surface area contributed by atoms with Gasteiger partial charge < -0.3 is 15.1 Å². The molecule has 1 saturated heterocycles. The number of rotatable bonds is 6. The number of hydrogen-bond donors (Lipinski definition) is 1. The summed E-state index contributed by atoms with van der Waals surface area (Å²) in [5, 5.41) is 5.10. The number of benzene rings is 1. The van der Waals surface area contributed by atoms with Gasteiger partial charge in [0.2, 0.25) is 0 Å². The Morgan fingerprint density at radius 1 is 1.07 bits per heavy atom. The van der Waals surface area contributed by atoms with Crippen molar-refractivity contribution in [2.75, 3.05) is 50.0 Å². The summed E-state index contributed by atoms with van der Waals surface area (Å²) in [4.78, 5) is 32.4. The van der Waals surface area contributed by atoms with Gasteiger partial charge >= 0.3 is 0 Å². The lowest BCUT2D eigenvalue weighted by atomic mass is 10.1. The molecule has 2 aliphatic heterocycles. The number of hydrogen-bond acceptors (Lipinski definition) is 6. The number of amides is 2. The van der Waals surface area contributed by atoms with Gasteiger partial charge in [-0.3, -0.25) is 14.5 Å². The highest BCUT2D eigenvalue weighted by atomic mass is 32.1. The van der Waals surface area contributed by atoms with E-state index in [2.05, 4.69) is 40.9 Å². The van der Waals surface area contributed by atoms with Crippen LogP contribution in [0.3, 0.4) is 0 Å². The Bertz CT molecular complexity index is 942. The number of likely N-dealkylation sites (N-methyl/N-ethyl adjacent to an activating group) is 1. The molecule has 1 fully saturated rings. The zero-order valence-electron chi connectivity index (χ0n) is 16.4. The van der Waals surface area contributed by atoms with E-state index in [0.717, 1.165) is 36.7 Å². The molecule has 0 atom stereocenters. The molecular weight excluding hydrogens is 384 g/mol. The molecule has 6 nitrogen and oxygen atoms in total. The molecule has 1 N–H and O–H groups in total. The summed E-state index contributed by atoms with van der Waals surface area (Å²) in [7, 11) is 2.14. The summed E-state index contributed by atoms with van der Waals surface area (Å²) in [6.07, 6.45) is 1.57.